The Morgan fingerprint density at radius 2 is 1.43 bits per heavy atom. The highest BCUT2D eigenvalue weighted by molar-refractivity contribution is 7.44. The fourth-order valence-corrected chi connectivity index (χ4v) is 8.12. The zero-order valence-corrected chi connectivity index (χ0v) is 25.0. The molecule has 0 N–H and O–H groups in total. The van der Waals surface area contributed by atoms with Crippen molar-refractivity contribution in [1.82, 2.24) is 14.5 Å². The Hall–Kier alpha value is -0.770. The van der Waals surface area contributed by atoms with Crippen molar-refractivity contribution in [2.75, 3.05) is 45.9 Å². The van der Waals surface area contributed by atoms with E-state index in [1.807, 2.05) is 0 Å². The van der Waals surface area contributed by atoms with Gasteiger partial charge in [0.25, 0.3) is 8.53 Å². The van der Waals surface area contributed by atoms with Crippen LogP contribution >= 0.6 is 8.53 Å². The maximum atomic E-state index is 13.3. The van der Waals surface area contributed by atoms with Gasteiger partial charge in [0.15, 0.2) is 0 Å². The van der Waals surface area contributed by atoms with Crippen LogP contribution in [0.2, 0.25) is 0 Å². The highest BCUT2D eigenvalue weighted by Crippen LogP contribution is 2.46. The van der Waals surface area contributed by atoms with Crippen LogP contribution in [0.5, 0.6) is 0 Å². The van der Waals surface area contributed by atoms with Crippen molar-refractivity contribution in [3.63, 3.8) is 0 Å². The third kappa shape index (κ3) is 10.4. The van der Waals surface area contributed by atoms with Crippen LogP contribution in [0.15, 0.2) is 0 Å². The predicted molar refractivity (Wildman–Crippen MR) is 151 cm³/mol. The number of rotatable bonds is 15. The molecule has 1 heterocycles. The Morgan fingerprint density at radius 1 is 0.892 bits per heavy atom. The van der Waals surface area contributed by atoms with Gasteiger partial charge >= 0.3 is 0 Å². The molecule has 1 amide bonds. The van der Waals surface area contributed by atoms with E-state index in [9.17, 15) is 4.79 Å². The van der Waals surface area contributed by atoms with Gasteiger partial charge in [0.05, 0.1) is 32.2 Å². The summed E-state index contributed by atoms with van der Waals surface area (Å²) in [5.41, 5.74) is 0. The van der Waals surface area contributed by atoms with Crippen molar-refractivity contribution in [3.8, 4) is 6.07 Å². The van der Waals surface area contributed by atoms with E-state index in [4.69, 9.17) is 14.3 Å². The minimum absolute atomic E-state index is 0.309. The number of nitrogens with zero attached hydrogens (tertiary/aromatic N) is 4. The lowest BCUT2D eigenvalue weighted by Crippen LogP contribution is -2.46. The summed E-state index contributed by atoms with van der Waals surface area (Å²) in [4.78, 5) is 17.9. The Morgan fingerprint density at radius 3 is 1.92 bits per heavy atom. The lowest BCUT2D eigenvalue weighted by atomic mass is 9.98. The molecule has 2 saturated carbocycles. The molecule has 0 radical (unpaired) electrons. The Bertz CT molecular complexity index is 670. The quantitative estimate of drug-likeness (QED) is 0.183. The van der Waals surface area contributed by atoms with Gasteiger partial charge in [-0.25, -0.2) is 4.67 Å². The van der Waals surface area contributed by atoms with Crippen LogP contribution in [0.25, 0.3) is 0 Å². The van der Waals surface area contributed by atoms with Gasteiger partial charge in [-0.2, -0.15) is 5.26 Å². The standard InChI is InChI=1S/C29H53N4O3P/c1-24(2)33(25(3)4)37(35-19-9-16-30)36-23-28-14-17-32(18-15-28)29(34)22-31(20-26-10-5-6-11-26)21-27-12-7-8-13-27/h24-28H,5-15,17-23H2,1-4H3. The molecule has 2 aliphatic carbocycles. The maximum absolute atomic E-state index is 13.3. The van der Waals surface area contributed by atoms with E-state index in [-0.39, 0.29) is 0 Å². The molecule has 0 bridgehead atoms. The van der Waals surface area contributed by atoms with E-state index in [0.717, 1.165) is 50.9 Å². The van der Waals surface area contributed by atoms with Gasteiger partial charge in [0, 0.05) is 38.3 Å². The number of likely N-dealkylation sites (tertiary alicyclic amines) is 1. The topological polar surface area (TPSA) is 69.0 Å². The van der Waals surface area contributed by atoms with E-state index in [0.29, 0.717) is 50.1 Å². The molecule has 8 heteroatoms. The zero-order valence-electron chi connectivity index (χ0n) is 24.1. The number of amides is 1. The summed E-state index contributed by atoms with van der Waals surface area (Å²) in [5, 5.41) is 8.92. The normalized spacial score (nSPS) is 21.1. The molecular weight excluding hydrogens is 483 g/mol. The molecule has 3 rings (SSSR count). The minimum atomic E-state index is -1.19. The molecule has 0 aromatic rings. The predicted octanol–water partition coefficient (Wildman–Crippen LogP) is 6.20. The van der Waals surface area contributed by atoms with Crippen LogP contribution in [-0.4, -0.2) is 78.4 Å². The Labute approximate surface area is 228 Å². The summed E-state index contributed by atoms with van der Waals surface area (Å²) in [6, 6.07) is 2.78. The zero-order chi connectivity index (χ0) is 26.6. The van der Waals surface area contributed by atoms with Crippen LogP contribution in [0.1, 0.15) is 98.3 Å². The number of hydrogen-bond acceptors (Lipinski definition) is 6. The number of nitriles is 1. The van der Waals surface area contributed by atoms with Gasteiger partial charge in [-0.15, -0.1) is 0 Å². The van der Waals surface area contributed by atoms with Gasteiger partial charge in [-0.3, -0.25) is 9.69 Å². The molecule has 0 aromatic carbocycles. The Balaban J connectivity index is 1.46. The van der Waals surface area contributed by atoms with Crippen LogP contribution in [0.3, 0.4) is 0 Å². The maximum Gasteiger partial charge on any atom is 0.259 e. The SMILES string of the molecule is CC(C)N(C(C)C)P(OCCC#N)OCC1CCN(C(=O)CN(CC2CCCC2)CC2CCCC2)CC1. The van der Waals surface area contributed by atoms with Crippen molar-refractivity contribution >= 4 is 14.4 Å². The second-order valence-corrected chi connectivity index (χ2v) is 13.6. The highest BCUT2D eigenvalue weighted by atomic mass is 31.2. The summed E-state index contributed by atoms with van der Waals surface area (Å²) in [6.07, 6.45) is 13.2. The average Bonchev–Trinajstić information content (AvgIpc) is 3.57. The number of carbonyl (C=O) groups is 1. The largest absolute Gasteiger partial charge is 0.342 e. The first-order valence-corrected chi connectivity index (χ1v) is 16.2. The smallest absolute Gasteiger partial charge is 0.259 e. The van der Waals surface area contributed by atoms with Crippen molar-refractivity contribution in [2.45, 2.75) is 110 Å². The molecule has 1 aliphatic heterocycles. The second kappa shape index (κ2) is 16.4. The van der Waals surface area contributed by atoms with Crippen molar-refractivity contribution in [1.29, 1.82) is 5.26 Å². The molecule has 0 spiro atoms. The fourth-order valence-electron chi connectivity index (χ4n) is 6.44. The number of carbonyl (C=O) groups excluding carboxylic acids is 1. The van der Waals surface area contributed by atoms with Crippen LogP contribution in [0, 0.1) is 29.1 Å². The highest BCUT2D eigenvalue weighted by Gasteiger charge is 2.31. The van der Waals surface area contributed by atoms with Gasteiger partial charge in [0.2, 0.25) is 5.91 Å². The van der Waals surface area contributed by atoms with Crippen molar-refractivity contribution in [3.05, 3.63) is 0 Å². The molecule has 3 aliphatic rings. The third-order valence-corrected chi connectivity index (χ3v) is 10.5. The lowest BCUT2D eigenvalue weighted by Gasteiger charge is -2.38. The van der Waals surface area contributed by atoms with E-state index in [1.54, 1.807) is 0 Å². The van der Waals surface area contributed by atoms with Gasteiger partial charge < -0.3 is 13.9 Å². The van der Waals surface area contributed by atoms with Crippen LogP contribution in [0.4, 0.5) is 0 Å². The average molecular weight is 537 g/mol. The minimum Gasteiger partial charge on any atom is -0.342 e. The molecule has 0 aromatic heterocycles. The summed E-state index contributed by atoms with van der Waals surface area (Å²) in [7, 11) is -1.19. The molecule has 1 saturated heterocycles. The van der Waals surface area contributed by atoms with Gasteiger partial charge in [-0.05, 0) is 84.0 Å². The molecule has 3 fully saturated rings. The second-order valence-electron chi connectivity index (χ2n) is 12.2. The van der Waals surface area contributed by atoms with Crippen LogP contribution in [-0.2, 0) is 13.8 Å². The summed E-state index contributed by atoms with van der Waals surface area (Å²) < 4.78 is 14.7. The molecule has 37 heavy (non-hydrogen) atoms. The molecular formula is C29H53N4O3P. The summed E-state index contributed by atoms with van der Waals surface area (Å²) in [5.74, 6) is 2.35. The summed E-state index contributed by atoms with van der Waals surface area (Å²) >= 11 is 0. The summed E-state index contributed by atoms with van der Waals surface area (Å²) in [6.45, 7) is 14.2. The molecule has 1 unspecified atom stereocenters. The van der Waals surface area contributed by atoms with Crippen molar-refractivity contribution < 1.29 is 13.8 Å². The monoisotopic (exact) mass is 536 g/mol. The van der Waals surface area contributed by atoms with E-state index >= 15 is 0 Å². The van der Waals surface area contributed by atoms with E-state index in [2.05, 4.69) is 48.2 Å². The molecule has 7 nitrogen and oxygen atoms in total. The van der Waals surface area contributed by atoms with Gasteiger partial charge in [0.1, 0.15) is 0 Å². The lowest BCUT2D eigenvalue weighted by molar-refractivity contribution is -0.134. The van der Waals surface area contributed by atoms with Gasteiger partial charge in [-0.1, -0.05) is 25.7 Å². The third-order valence-electron chi connectivity index (χ3n) is 8.39. The Kier molecular flexibility index (Phi) is 13.6. The first kappa shape index (κ1) is 30.8. The molecule has 212 valence electrons. The fraction of sp³-hybridized carbons (Fsp3) is 0.931. The van der Waals surface area contributed by atoms with E-state index in [1.165, 1.54) is 51.4 Å². The number of hydrogen-bond donors (Lipinski definition) is 0. The van der Waals surface area contributed by atoms with E-state index < -0.39 is 8.53 Å². The number of piperidine rings is 1. The molecule has 1 atom stereocenters. The van der Waals surface area contributed by atoms with Crippen molar-refractivity contribution in [2.24, 2.45) is 17.8 Å². The van der Waals surface area contributed by atoms with Crippen LogP contribution < -0.4 is 0 Å². The first-order valence-electron chi connectivity index (χ1n) is 15.1. The first-order chi connectivity index (χ1) is 17.9.